The first-order valence-corrected chi connectivity index (χ1v) is 7.05. The standard InChI is InChI=1S/C13H14N4OS/c1-19-11-6-10-12(15)17(7-16-13(10)18-11)9-4-2-8(14)3-5-9/h2-6,15-16H,7,14H2,1H3. The molecule has 0 radical (unpaired) electrons. The number of rotatable bonds is 2. The fourth-order valence-corrected chi connectivity index (χ4v) is 2.43. The lowest BCUT2D eigenvalue weighted by Gasteiger charge is -2.29. The molecule has 3 rings (SSSR count). The molecule has 2 heterocycles. The van der Waals surface area contributed by atoms with Gasteiger partial charge in [0.05, 0.1) is 12.2 Å². The number of benzene rings is 1. The van der Waals surface area contributed by atoms with Crippen LogP contribution in [0.15, 0.2) is 39.8 Å². The van der Waals surface area contributed by atoms with Gasteiger partial charge in [0, 0.05) is 17.4 Å². The third kappa shape index (κ3) is 2.04. The van der Waals surface area contributed by atoms with E-state index in [2.05, 4.69) is 5.32 Å². The van der Waals surface area contributed by atoms with E-state index in [4.69, 9.17) is 15.6 Å². The number of hydrogen-bond acceptors (Lipinski definition) is 5. The molecule has 98 valence electrons. The highest BCUT2D eigenvalue weighted by Gasteiger charge is 2.25. The highest BCUT2D eigenvalue weighted by atomic mass is 32.2. The Morgan fingerprint density at radius 1 is 1.37 bits per heavy atom. The molecule has 0 unspecified atom stereocenters. The molecule has 0 amide bonds. The zero-order valence-electron chi connectivity index (χ0n) is 10.4. The van der Waals surface area contributed by atoms with E-state index < -0.39 is 0 Å². The molecule has 5 nitrogen and oxygen atoms in total. The lowest BCUT2D eigenvalue weighted by molar-refractivity contribution is 0.486. The molecule has 1 aliphatic rings. The fourth-order valence-electron chi connectivity index (χ4n) is 2.03. The van der Waals surface area contributed by atoms with E-state index in [1.807, 2.05) is 41.5 Å². The summed E-state index contributed by atoms with van der Waals surface area (Å²) in [6.07, 6.45) is 1.95. The van der Waals surface area contributed by atoms with Crippen molar-refractivity contribution >= 4 is 34.9 Å². The van der Waals surface area contributed by atoms with Gasteiger partial charge in [-0.15, -0.1) is 0 Å². The Hall–Kier alpha value is -2.08. The van der Waals surface area contributed by atoms with E-state index in [9.17, 15) is 0 Å². The van der Waals surface area contributed by atoms with Gasteiger partial charge >= 0.3 is 0 Å². The van der Waals surface area contributed by atoms with Gasteiger partial charge in [-0.3, -0.25) is 5.41 Å². The zero-order valence-corrected chi connectivity index (χ0v) is 11.3. The first-order valence-electron chi connectivity index (χ1n) is 5.83. The van der Waals surface area contributed by atoms with Gasteiger partial charge in [-0.05, 0) is 30.5 Å². The summed E-state index contributed by atoms with van der Waals surface area (Å²) in [5.74, 6) is 1.10. The fraction of sp³-hybridized carbons (Fsp3) is 0.154. The van der Waals surface area contributed by atoms with Crippen molar-refractivity contribution in [1.82, 2.24) is 0 Å². The number of thioether (sulfide) groups is 1. The van der Waals surface area contributed by atoms with Gasteiger partial charge in [0.1, 0.15) is 5.84 Å². The largest absolute Gasteiger partial charge is 0.434 e. The van der Waals surface area contributed by atoms with Gasteiger partial charge in [-0.2, -0.15) is 0 Å². The summed E-state index contributed by atoms with van der Waals surface area (Å²) in [6.45, 7) is 0.511. The number of nitrogen functional groups attached to an aromatic ring is 1. The maximum atomic E-state index is 8.29. The number of fused-ring (bicyclic) bond motifs is 1. The quantitative estimate of drug-likeness (QED) is 0.580. The number of hydrogen-bond donors (Lipinski definition) is 3. The molecular weight excluding hydrogens is 260 g/mol. The molecule has 4 N–H and O–H groups in total. The SMILES string of the molecule is CSc1cc2c(o1)NCN(c1ccc(N)cc1)C2=N. The van der Waals surface area contributed by atoms with Crippen LogP contribution in [0.1, 0.15) is 5.56 Å². The maximum Gasteiger partial charge on any atom is 0.206 e. The van der Waals surface area contributed by atoms with Crippen molar-refractivity contribution < 1.29 is 4.42 Å². The van der Waals surface area contributed by atoms with E-state index in [-0.39, 0.29) is 0 Å². The third-order valence-corrected chi connectivity index (χ3v) is 3.64. The van der Waals surface area contributed by atoms with Gasteiger partial charge < -0.3 is 20.4 Å². The summed E-state index contributed by atoms with van der Waals surface area (Å²) < 4.78 is 5.59. The second-order valence-electron chi connectivity index (χ2n) is 4.22. The summed E-state index contributed by atoms with van der Waals surface area (Å²) >= 11 is 1.52. The molecule has 19 heavy (non-hydrogen) atoms. The van der Waals surface area contributed by atoms with Crippen molar-refractivity contribution in [3.05, 3.63) is 35.9 Å². The average Bonchev–Trinajstić information content (AvgIpc) is 2.85. The molecule has 0 aliphatic carbocycles. The topological polar surface area (TPSA) is 78.3 Å². The van der Waals surface area contributed by atoms with Gasteiger partial charge in [-0.25, -0.2) is 0 Å². The Morgan fingerprint density at radius 2 is 2.11 bits per heavy atom. The van der Waals surface area contributed by atoms with Gasteiger partial charge in [0.25, 0.3) is 0 Å². The Balaban J connectivity index is 1.94. The molecule has 0 bridgehead atoms. The molecule has 1 aromatic heterocycles. The van der Waals surface area contributed by atoms with E-state index in [1.54, 1.807) is 0 Å². The Bertz CT molecular complexity index is 620. The van der Waals surface area contributed by atoms with Crippen molar-refractivity contribution in [2.45, 2.75) is 5.09 Å². The molecular formula is C13H14N4OS. The molecule has 0 atom stereocenters. The number of nitrogens with zero attached hydrogens (tertiary/aromatic N) is 1. The summed E-state index contributed by atoms with van der Waals surface area (Å²) in [5.41, 5.74) is 8.12. The lowest BCUT2D eigenvalue weighted by atomic mass is 10.2. The molecule has 6 heteroatoms. The van der Waals surface area contributed by atoms with E-state index in [0.29, 0.717) is 24.1 Å². The van der Waals surface area contributed by atoms with Crippen LogP contribution in [-0.2, 0) is 0 Å². The van der Waals surface area contributed by atoms with Gasteiger partial charge in [-0.1, -0.05) is 11.8 Å². The summed E-state index contributed by atoms with van der Waals surface area (Å²) in [7, 11) is 0. The van der Waals surface area contributed by atoms with Crippen LogP contribution in [0.5, 0.6) is 0 Å². The second-order valence-corrected chi connectivity index (χ2v) is 5.03. The monoisotopic (exact) mass is 274 g/mol. The number of nitrogens with one attached hydrogen (secondary N) is 2. The smallest absolute Gasteiger partial charge is 0.206 e. The van der Waals surface area contributed by atoms with Crippen LogP contribution in [0.2, 0.25) is 0 Å². The summed E-state index contributed by atoms with van der Waals surface area (Å²) in [5, 5.41) is 12.3. The third-order valence-electron chi connectivity index (χ3n) is 3.04. The molecule has 1 aromatic carbocycles. The predicted molar refractivity (Wildman–Crippen MR) is 79.1 cm³/mol. The lowest BCUT2D eigenvalue weighted by Crippen LogP contribution is -2.39. The number of nitrogens with two attached hydrogens (primary N) is 1. The van der Waals surface area contributed by atoms with E-state index in [0.717, 1.165) is 16.3 Å². The second kappa shape index (κ2) is 4.55. The molecule has 0 fully saturated rings. The van der Waals surface area contributed by atoms with Gasteiger partial charge in [0.2, 0.25) is 5.88 Å². The van der Waals surface area contributed by atoms with Crippen LogP contribution in [0.4, 0.5) is 17.3 Å². The Morgan fingerprint density at radius 3 is 2.79 bits per heavy atom. The molecule has 0 saturated carbocycles. The van der Waals surface area contributed by atoms with Crippen LogP contribution in [0, 0.1) is 5.41 Å². The molecule has 1 aliphatic heterocycles. The predicted octanol–water partition coefficient (Wildman–Crippen LogP) is 2.80. The maximum absolute atomic E-state index is 8.29. The minimum absolute atomic E-state index is 0.433. The van der Waals surface area contributed by atoms with Crippen molar-refractivity contribution in [2.75, 3.05) is 28.9 Å². The molecule has 0 spiro atoms. The Labute approximate surface area is 115 Å². The molecule has 0 saturated heterocycles. The Kier molecular flexibility index (Phi) is 2.87. The van der Waals surface area contributed by atoms with Crippen molar-refractivity contribution in [2.24, 2.45) is 0 Å². The van der Waals surface area contributed by atoms with Crippen LogP contribution in [0.25, 0.3) is 0 Å². The summed E-state index contributed by atoms with van der Waals surface area (Å²) in [4.78, 5) is 1.88. The highest BCUT2D eigenvalue weighted by molar-refractivity contribution is 7.98. The van der Waals surface area contributed by atoms with Crippen molar-refractivity contribution in [3.63, 3.8) is 0 Å². The van der Waals surface area contributed by atoms with Gasteiger partial charge in [0.15, 0.2) is 5.09 Å². The number of anilines is 3. The van der Waals surface area contributed by atoms with E-state index >= 15 is 0 Å². The first kappa shape index (κ1) is 12.0. The minimum atomic E-state index is 0.433. The van der Waals surface area contributed by atoms with Crippen LogP contribution < -0.4 is 16.0 Å². The van der Waals surface area contributed by atoms with Crippen LogP contribution in [-0.4, -0.2) is 18.8 Å². The van der Waals surface area contributed by atoms with Crippen LogP contribution >= 0.6 is 11.8 Å². The highest BCUT2D eigenvalue weighted by Crippen LogP contribution is 2.32. The van der Waals surface area contributed by atoms with Crippen LogP contribution in [0.3, 0.4) is 0 Å². The number of furan rings is 1. The molecule has 2 aromatic rings. The van der Waals surface area contributed by atoms with E-state index in [1.165, 1.54) is 11.8 Å². The van der Waals surface area contributed by atoms with Crippen molar-refractivity contribution in [3.8, 4) is 0 Å². The normalized spacial score (nSPS) is 14.2. The summed E-state index contributed by atoms with van der Waals surface area (Å²) in [6, 6.07) is 9.37. The minimum Gasteiger partial charge on any atom is -0.434 e. The first-order chi connectivity index (χ1) is 9.19. The zero-order chi connectivity index (χ0) is 13.4. The number of amidine groups is 1. The van der Waals surface area contributed by atoms with Crippen molar-refractivity contribution in [1.29, 1.82) is 5.41 Å². The average molecular weight is 274 g/mol.